The molecule has 0 heterocycles. The molecule has 46 heavy (non-hydrogen) atoms. The van der Waals surface area contributed by atoms with E-state index in [1.807, 2.05) is 38.1 Å². The van der Waals surface area contributed by atoms with Gasteiger partial charge in [-0.1, -0.05) is 50.4 Å². The van der Waals surface area contributed by atoms with Gasteiger partial charge in [0.05, 0.1) is 26.4 Å². The number of nitrogens with one attached hydrogen (secondary N) is 2. The van der Waals surface area contributed by atoms with E-state index in [2.05, 4.69) is 58.0 Å². The number of carbonyl (C=O) groups excluding carboxylic acids is 4. The Balaban J connectivity index is 2.15. The summed E-state index contributed by atoms with van der Waals surface area (Å²) >= 11 is 0. The summed E-state index contributed by atoms with van der Waals surface area (Å²) in [6.45, 7) is 4.77. The zero-order valence-electron chi connectivity index (χ0n) is 26.9. The van der Waals surface area contributed by atoms with Crippen molar-refractivity contribution in [3.05, 3.63) is 35.4 Å². The second-order valence-corrected chi connectivity index (χ2v) is 9.72. The quantitative estimate of drug-likeness (QED) is 0.101. The van der Waals surface area contributed by atoms with E-state index in [9.17, 15) is 19.2 Å². The Labute approximate surface area is 273 Å². The Morgan fingerprint density at radius 2 is 0.935 bits per heavy atom. The standard InChI is InChI=1S/C36H44N2O8/c1-3-5-25-43-33(39)29-37-35(41)45-27-17-13-9-7-11-15-19-31-21-23-32(24-22-31)20-16-12-8-10-14-18-28-46-36(42)38-30-34(40)44-26-6-4-2/h21-24H,3-6,9-10,13-14,17-18,25-30H2,1-2H3,(H,37,41)(H,38,42). The number of carbonyl (C=O) groups is 4. The van der Waals surface area contributed by atoms with Crippen LogP contribution >= 0.6 is 0 Å². The highest BCUT2D eigenvalue weighted by molar-refractivity contribution is 5.78. The lowest BCUT2D eigenvalue weighted by molar-refractivity contribution is -0.143. The number of ether oxygens (including phenoxy) is 4. The number of amides is 2. The number of esters is 2. The van der Waals surface area contributed by atoms with Crippen molar-refractivity contribution in [1.29, 1.82) is 0 Å². The zero-order valence-corrected chi connectivity index (χ0v) is 26.9. The SMILES string of the molecule is CCCCOC(=O)CNC(=O)OCCCCC#CC#Cc1ccc(C#CC#CCCCCOC(=O)NCC(=O)OCCCC)cc1. The molecule has 2 N–H and O–H groups in total. The molecule has 0 radical (unpaired) electrons. The van der Waals surface area contributed by atoms with Gasteiger partial charge >= 0.3 is 24.1 Å². The van der Waals surface area contributed by atoms with Crippen LogP contribution in [0.1, 0.15) is 89.2 Å². The van der Waals surface area contributed by atoms with Gasteiger partial charge in [0.2, 0.25) is 0 Å². The van der Waals surface area contributed by atoms with Gasteiger partial charge in [0, 0.05) is 24.0 Å². The van der Waals surface area contributed by atoms with E-state index in [-0.39, 0.29) is 26.3 Å². The minimum Gasteiger partial charge on any atom is -0.464 e. The molecule has 1 aromatic carbocycles. The van der Waals surface area contributed by atoms with Crippen molar-refractivity contribution in [1.82, 2.24) is 10.6 Å². The van der Waals surface area contributed by atoms with Gasteiger partial charge in [-0.2, -0.15) is 0 Å². The maximum atomic E-state index is 11.6. The molecule has 0 bridgehead atoms. The van der Waals surface area contributed by atoms with Crippen LogP contribution in [0.4, 0.5) is 9.59 Å². The largest absolute Gasteiger partial charge is 0.464 e. The van der Waals surface area contributed by atoms with E-state index in [1.165, 1.54) is 0 Å². The van der Waals surface area contributed by atoms with Crippen LogP contribution in [0.2, 0.25) is 0 Å². The first-order valence-corrected chi connectivity index (χ1v) is 15.6. The molecule has 1 aromatic rings. The van der Waals surface area contributed by atoms with Crippen molar-refractivity contribution in [3.8, 4) is 47.4 Å². The molecule has 10 heteroatoms. The molecule has 0 unspecified atom stereocenters. The minimum atomic E-state index is -0.645. The highest BCUT2D eigenvalue weighted by Gasteiger charge is 2.08. The monoisotopic (exact) mass is 632 g/mol. The molecule has 2 amide bonds. The summed E-state index contributed by atoms with van der Waals surface area (Å²) < 4.78 is 19.9. The number of rotatable bonds is 18. The Morgan fingerprint density at radius 1 is 0.543 bits per heavy atom. The third-order valence-electron chi connectivity index (χ3n) is 5.73. The van der Waals surface area contributed by atoms with E-state index < -0.39 is 24.1 Å². The predicted molar refractivity (Wildman–Crippen MR) is 174 cm³/mol. The van der Waals surface area contributed by atoms with Crippen LogP contribution in [0.5, 0.6) is 0 Å². The molecule has 10 nitrogen and oxygen atoms in total. The van der Waals surface area contributed by atoms with Crippen molar-refractivity contribution in [3.63, 3.8) is 0 Å². The van der Waals surface area contributed by atoms with Gasteiger partial charge in [0.25, 0.3) is 0 Å². The number of alkyl carbamates (subject to hydrolysis) is 2. The fourth-order valence-electron chi connectivity index (χ4n) is 3.17. The van der Waals surface area contributed by atoms with Crippen molar-refractivity contribution < 1.29 is 38.1 Å². The molecule has 0 aliphatic carbocycles. The average molecular weight is 633 g/mol. The smallest absolute Gasteiger partial charge is 0.407 e. The lowest BCUT2D eigenvalue weighted by Gasteiger charge is -2.06. The summed E-state index contributed by atoms with van der Waals surface area (Å²) in [5.74, 6) is 22.2. The van der Waals surface area contributed by atoms with E-state index in [0.717, 1.165) is 49.7 Å². The zero-order chi connectivity index (χ0) is 33.5. The summed E-state index contributed by atoms with van der Waals surface area (Å²) in [6, 6.07) is 7.46. The van der Waals surface area contributed by atoms with Crippen LogP contribution < -0.4 is 10.6 Å². The van der Waals surface area contributed by atoms with Gasteiger partial charge in [-0.3, -0.25) is 9.59 Å². The fraction of sp³-hybridized carbons (Fsp3) is 0.500. The molecule has 0 aliphatic rings. The third kappa shape index (κ3) is 23.4. The number of unbranched alkanes of at least 4 members (excludes halogenated alkanes) is 6. The summed E-state index contributed by atoms with van der Waals surface area (Å²) in [6.07, 6.45) is 6.22. The fourth-order valence-corrected chi connectivity index (χ4v) is 3.17. The van der Waals surface area contributed by atoms with E-state index in [1.54, 1.807) is 0 Å². The maximum absolute atomic E-state index is 11.6. The lowest BCUT2D eigenvalue weighted by atomic mass is 10.1. The molecule has 0 aromatic heterocycles. The van der Waals surface area contributed by atoms with E-state index in [4.69, 9.17) is 18.9 Å². The molecular formula is C36H44N2O8. The van der Waals surface area contributed by atoms with Crippen LogP contribution in [0, 0.1) is 47.4 Å². The van der Waals surface area contributed by atoms with E-state index in [0.29, 0.717) is 38.9 Å². The predicted octanol–water partition coefficient (Wildman–Crippen LogP) is 4.88. The second kappa shape index (κ2) is 27.5. The maximum Gasteiger partial charge on any atom is 0.407 e. The lowest BCUT2D eigenvalue weighted by Crippen LogP contribution is -2.31. The molecule has 0 aliphatic heterocycles. The van der Waals surface area contributed by atoms with Crippen LogP contribution in [0.25, 0.3) is 0 Å². The van der Waals surface area contributed by atoms with Crippen LogP contribution in [-0.2, 0) is 28.5 Å². The van der Waals surface area contributed by atoms with Gasteiger partial charge in [0.15, 0.2) is 0 Å². The first-order valence-electron chi connectivity index (χ1n) is 15.6. The third-order valence-corrected chi connectivity index (χ3v) is 5.73. The van der Waals surface area contributed by atoms with Gasteiger partial charge in [0.1, 0.15) is 13.1 Å². The Hall–Kier alpha value is -5.06. The van der Waals surface area contributed by atoms with Crippen LogP contribution in [0.15, 0.2) is 24.3 Å². The Bertz CT molecular complexity index is 1220. The second-order valence-electron chi connectivity index (χ2n) is 9.72. The van der Waals surface area contributed by atoms with E-state index >= 15 is 0 Å². The minimum absolute atomic E-state index is 0.204. The Kier molecular flexibility index (Phi) is 23.3. The van der Waals surface area contributed by atoms with Crippen molar-refractivity contribution >= 4 is 24.1 Å². The normalized spacial score (nSPS) is 9.26. The number of hydrogen-bond donors (Lipinski definition) is 2. The summed E-state index contributed by atoms with van der Waals surface area (Å²) in [7, 11) is 0. The first kappa shape index (κ1) is 39.0. The summed E-state index contributed by atoms with van der Waals surface area (Å²) in [5.41, 5.74) is 1.64. The van der Waals surface area contributed by atoms with Gasteiger partial charge in [-0.05, 0) is 86.5 Å². The number of hydrogen-bond acceptors (Lipinski definition) is 8. The molecular weight excluding hydrogens is 588 g/mol. The summed E-state index contributed by atoms with van der Waals surface area (Å²) in [4.78, 5) is 46.0. The van der Waals surface area contributed by atoms with Crippen molar-refractivity contribution in [2.45, 2.75) is 78.1 Å². The van der Waals surface area contributed by atoms with Crippen molar-refractivity contribution in [2.24, 2.45) is 0 Å². The summed E-state index contributed by atoms with van der Waals surface area (Å²) in [5, 5.41) is 4.73. The molecule has 0 saturated carbocycles. The van der Waals surface area contributed by atoms with Crippen molar-refractivity contribution in [2.75, 3.05) is 39.5 Å². The van der Waals surface area contributed by atoms with Crippen LogP contribution in [-0.4, -0.2) is 63.6 Å². The topological polar surface area (TPSA) is 129 Å². The molecule has 0 saturated heterocycles. The highest BCUT2D eigenvalue weighted by Crippen LogP contribution is 2.02. The van der Waals surface area contributed by atoms with Crippen LogP contribution in [0.3, 0.4) is 0 Å². The average Bonchev–Trinajstić information content (AvgIpc) is 3.05. The number of benzene rings is 1. The molecule has 0 atom stereocenters. The molecule has 1 rings (SSSR count). The highest BCUT2D eigenvalue weighted by atomic mass is 16.6. The molecule has 0 fully saturated rings. The first-order chi connectivity index (χ1) is 22.4. The molecule has 246 valence electrons. The van der Waals surface area contributed by atoms with Gasteiger partial charge < -0.3 is 29.6 Å². The molecule has 0 spiro atoms. The Morgan fingerprint density at radius 3 is 1.33 bits per heavy atom. The van der Waals surface area contributed by atoms with Gasteiger partial charge in [-0.15, -0.1) is 0 Å². The van der Waals surface area contributed by atoms with Gasteiger partial charge in [-0.25, -0.2) is 9.59 Å².